The maximum absolute atomic E-state index is 12.4. The summed E-state index contributed by atoms with van der Waals surface area (Å²) in [5.41, 5.74) is 1.78. The molecule has 0 aliphatic rings. The van der Waals surface area contributed by atoms with Crippen LogP contribution in [0.5, 0.6) is 0 Å². The molecule has 5 nitrogen and oxygen atoms in total. The number of ether oxygens (including phenoxy) is 1. The average Bonchev–Trinajstić information content (AvgIpc) is 3.26. The van der Waals surface area contributed by atoms with E-state index in [1.54, 1.807) is 0 Å². The van der Waals surface area contributed by atoms with Crippen molar-refractivity contribution in [2.24, 2.45) is 0 Å². The maximum Gasteiger partial charge on any atom is 0.349 e. The number of aryl methyl sites for hydroxylation is 1. The summed E-state index contributed by atoms with van der Waals surface area (Å²) >= 11 is 1.43. The lowest BCUT2D eigenvalue weighted by Crippen LogP contribution is -2.04. The minimum atomic E-state index is -0.377. The van der Waals surface area contributed by atoms with Gasteiger partial charge in [-0.1, -0.05) is 53.7 Å². The SMILES string of the molecule is Cc1c(C(=O)OCc2nc(-c3ccccc3)no2)sc2ccccc12. The topological polar surface area (TPSA) is 65.2 Å². The predicted molar refractivity (Wildman–Crippen MR) is 95.4 cm³/mol. The summed E-state index contributed by atoms with van der Waals surface area (Å²) in [5, 5.41) is 4.99. The molecule has 0 saturated heterocycles. The first kappa shape index (κ1) is 15.5. The molecule has 0 N–H and O–H groups in total. The van der Waals surface area contributed by atoms with Gasteiger partial charge in [-0.05, 0) is 23.9 Å². The molecular weight excluding hydrogens is 336 g/mol. The first-order chi connectivity index (χ1) is 12.2. The number of esters is 1. The van der Waals surface area contributed by atoms with Gasteiger partial charge in [0.2, 0.25) is 5.82 Å². The quantitative estimate of drug-likeness (QED) is 0.503. The fourth-order valence-electron chi connectivity index (χ4n) is 2.58. The fourth-order valence-corrected chi connectivity index (χ4v) is 3.68. The summed E-state index contributed by atoms with van der Waals surface area (Å²) in [6.07, 6.45) is 0. The molecule has 2 aromatic heterocycles. The molecule has 0 radical (unpaired) electrons. The van der Waals surface area contributed by atoms with Gasteiger partial charge in [0.1, 0.15) is 4.88 Å². The standard InChI is InChI=1S/C19H14N2O3S/c1-12-14-9-5-6-10-15(14)25-17(12)19(22)23-11-16-20-18(21-24-16)13-7-3-2-4-8-13/h2-10H,11H2,1H3. The van der Waals surface area contributed by atoms with Crippen LogP contribution in [0, 0.1) is 6.92 Å². The zero-order valence-electron chi connectivity index (χ0n) is 13.4. The summed E-state index contributed by atoms with van der Waals surface area (Å²) < 4.78 is 11.6. The summed E-state index contributed by atoms with van der Waals surface area (Å²) in [7, 11) is 0. The minimum Gasteiger partial charge on any atom is -0.451 e. The molecule has 2 aromatic carbocycles. The van der Waals surface area contributed by atoms with Crippen LogP contribution < -0.4 is 0 Å². The Morgan fingerprint density at radius 1 is 1.12 bits per heavy atom. The van der Waals surface area contributed by atoms with Crippen LogP contribution in [0.25, 0.3) is 21.5 Å². The molecule has 0 atom stereocenters. The summed E-state index contributed by atoms with van der Waals surface area (Å²) in [6, 6.07) is 17.4. The van der Waals surface area contributed by atoms with Gasteiger partial charge in [0.25, 0.3) is 5.89 Å². The van der Waals surface area contributed by atoms with E-state index in [0.29, 0.717) is 10.7 Å². The highest BCUT2D eigenvalue weighted by atomic mass is 32.1. The predicted octanol–water partition coefficient (Wildman–Crippen LogP) is 4.62. The van der Waals surface area contributed by atoms with Crippen molar-refractivity contribution in [3.05, 3.63) is 70.9 Å². The molecule has 0 amide bonds. The van der Waals surface area contributed by atoms with Crippen molar-refractivity contribution in [1.82, 2.24) is 10.1 Å². The Labute approximate surface area is 147 Å². The number of hydrogen-bond donors (Lipinski definition) is 0. The van der Waals surface area contributed by atoms with Crippen LogP contribution >= 0.6 is 11.3 Å². The van der Waals surface area contributed by atoms with Gasteiger partial charge in [-0.15, -0.1) is 11.3 Å². The van der Waals surface area contributed by atoms with Crippen molar-refractivity contribution in [3.8, 4) is 11.4 Å². The zero-order valence-corrected chi connectivity index (χ0v) is 14.2. The largest absolute Gasteiger partial charge is 0.451 e. The minimum absolute atomic E-state index is 0.0493. The van der Waals surface area contributed by atoms with Crippen LogP contribution in [0.1, 0.15) is 21.1 Å². The lowest BCUT2D eigenvalue weighted by molar-refractivity contribution is 0.0435. The number of fused-ring (bicyclic) bond motifs is 1. The molecule has 124 valence electrons. The molecule has 0 aliphatic heterocycles. The summed E-state index contributed by atoms with van der Waals surface area (Å²) in [4.78, 5) is 17.2. The Balaban J connectivity index is 1.48. The third kappa shape index (κ3) is 3.04. The Morgan fingerprint density at radius 3 is 2.68 bits per heavy atom. The lowest BCUT2D eigenvalue weighted by atomic mass is 10.1. The first-order valence-corrected chi connectivity index (χ1v) is 8.57. The first-order valence-electron chi connectivity index (χ1n) is 7.75. The van der Waals surface area contributed by atoms with E-state index in [1.807, 2.05) is 61.5 Å². The van der Waals surface area contributed by atoms with Crippen molar-refractivity contribution >= 4 is 27.4 Å². The Morgan fingerprint density at radius 2 is 1.88 bits per heavy atom. The van der Waals surface area contributed by atoms with Crippen LogP contribution in [0.2, 0.25) is 0 Å². The van der Waals surface area contributed by atoms with E-state index in [2.05, 4.69) is 10.1 Å². The van der Waals surface area contributed by atoms with Gasteiger partial charge in [-0.25, -0.2) is 4.79 Å². The Hall–Kier alpha value is -2.99. The Bertz CT molecular complexity index is 1040. The molecule has 4 aromatic rings. The van der Waals surface area contributed by atoms with Gasteiger partial charge >= 0.3 is 5.97 Å². The number of nitrogens with zero attached hydrogens (tertiary/aromatic N) is 2. The van der Waals surface area contributed by atoms with E-state index in [9.17, 15) is 4.79 Å². The second-order valence-corrected chi connectivity index (χ2v) is 6.56. The van der Waals surface area contributed by atoms with Crippen molar-refractivity contribution in [3.63, 3.8) is 0 Å². The van der Waals surface area contributed by atoms with Gasteiger partial charge in [-0.2, -0.15) is 4.98 Å². The monoisotopic (exact) mass is 350 g/mol. The van der Waals surface area contributed by atoms with Crippen LogP contribution in [-0.4, -0.2) is 16.1 Å². The number of rotatable bonds is 4. The van der Waals surface area contributed by atoms with Crippen molar-refractivity contribution in [2.75, 3.05) is 0 Å². The van der Waals surface area contributed by atoms with Crippen LogP contribution in [0.4, 0.5) is 0 Å². The zero-order chi connectivity index (χ0) is 17.2. The molecule has 0 spiro atoms. The van der Waals surface area contributed by atoms with Crippen LogP contribution in [-0.2, 0) is 11.3 Å². The molecule has 25 heavy (non-hydrogen) atoms. The van der Waals surface area contributed by atoms with Gasteiger partial charge in [0.15, 0.2) is 6.61 Å². The highest BCUT2D eigenvalue weighted by Gasteiger charge is 2.18. The third-order valence-corrected chi connectivity index (χ3v) is 5.11. The van der Waals surface area contributed by atoms with Gasteiger partial charge in [-0.3, -0.25) is 0 Å². The molecule has 0 saturated carbocycles. The fraction of sp³-hybridized carbons (Fsp3) is 0.105. The second kappa shape index (κ2) is 6.49. The number of carbonyl (C=O) groups excluding carboxylic acids is 1. The molecular formula is C19H14N2O3S. The van der Waals surface area contributed by atoms with E-state index in [1.165, 1.54) is 11.3 Å². The number of carbonyl (C=O) groups is 1. The highest BCUT2D eigenvalue weighted by Crippen LogP contribution is 2.31. The number of thiophene rings is 1. The number of benzene rings is 2. The lowest BCUT2D eigenvalue weighted by Gasteiger charge is -2.00. The molecule has 0 aliphatic carbocycles. The molecule has 0 bridgehead atoms. The van der Waals surface area contributed by atoms with Crippen LogP contribution in [0.15, 0.2) is 59.1 Å². The van der Waals surface area contributed by atoms with Gasteiger partial charge in [0.05, 0.1) is 0 Å². The van der Waals surface area contributed by atoms with E-state index in [-0.39, 0.29) is 18.5 Å². The van der Waals surface area contributed by atoms with E-state index in [4.69, 9.17) is 9.26 Å². The average molecular weight is 350 g/mol. The third-order valence-electron chi connectivity index (χ3n) is 3.86. The molecule has 6 heteroatoms. The highest BCUT2D eigenvalue weighted by molar-refractivity contribution is 7.21. The van der Waals surface area contributed by atoms with Gasteiger partial charge in [0, 0.05) is 10.3 Å². The maximum atomic E-state index is 12.4. The van der Waals surface area contributed by atoms with Gasteiger partial charge < -0.3 is 9.26 Å². The van der Waals surface area contributed by atoms with E-state index >= 15 is 0 Å². The number of hydrogen-bond acceptors (Lipinski definition) is 6. The summed E-state index contributed by atoms with van der Waals surface area (Å²) in [6.45, 7) is 1.88. The molecule has 4 rings (SSSR count). The normalized spacial score (nSPS) is 10.9. The van der Waals surface area contributed by atoms with Crippen molar-refractivity contribution in [1.29, 1.82) is 0 Å². The second-order valence-electron chi connectivity index (χ2n) is 5.51. The Kier molecular flexibility index (Phi) is 4.03. The number of aromatic nitrogens is 2. The molecule has 0 unspecified atom stereocenters. The summed E-state index contributed by atoms with van der Waals surface area (Å²) in [5.74, 6) is 0.369. The van der Waals surface area contributed by atoms with E-state index < -0.39 is 0 Å². The van der Waals surface area contributed by atoms with E-state index in [0.717, 1.165) is 21.2 Å². The van der Waals surface area contributed by atoms with Crippen LogP contribution in [0.3, 0.4) is 0 Å². The smallest absolute Gasteiger partial charge is 0.349 e. The molecule has 0 fully saturated rings. The van der Waals surface area contributed by atoms with Crippen molar-refractivity contribution < 1.29 is 14.1 Å². The van der Waals surface area contributed by atoms with Crippen molar-refractivity contribution in [2.45, 2.75) is 13.5 Å². The molecule has 2 heterocycles.